The average Bonchev–Trinajstić information content (AvgIpc) is 2.48. The van der Waals surface area contributed by atoms with Crippen molar-refractivity contribution in [1.82, 2.24) is 0 Å². The topological polar surface area (TPSA) is 35.5 Å². The Morgan fingerprint density at radius 1 is 1.10 bits per heavy atom. The third kappa shape index (κ3) is 3.21. The Morgan fingerprint density at radius 3 is 2.85 bits per heavy atom. The van der Waals surface area contributed by atoms with E-state index in [0.717, 1.165) is 38.2 Å². The summed E-state index contributed by atoms with van der Waals surface area (Å²) < 4.78 is 11.3. The molecule has 2 atom stereocenters. The minimum Gasteiger partial charge on any atom is -0.493 e. The fourth-order valence-corrected chi connectivity index (χ4v) is 3.21. The Balaban J connectivity index is 1.59. The minimum absolute atomic E-state index is 0.159. The lowest BCUT2D eigenvalue weighted by Crippen LogP contribution is -2.24. The molecule has 108 valence electrons. The molecule has 0 bridgehead atoms. The second kappa shape index (κ2) is 6.40. The zero-order valence-corrected chi connectivity index (χ0v) is 11.8. The molecule has 3 nitrogen and oxygen atoms in total. The molecule has 1 saturated heterocycles. The van der Waals surface area contributed by atoms with Gasteiger partial charge >= 0.3 is 0 Å². The highest BCUT2D eigenvalue weighted by molar-refractivity contribution is 5.80. The lowest BCUT2D eigenvalue weighted by atomic mass is 9.87. The Bertz CT molecular complexity index is 463. The molecule has 2 unspecified atom stereocenters. The molecule has 1 aromatic carbocycles. The zero-order valence-electron chi connectivity index (χ0n) is 11.8. The maximum atomic E-state index is 12.3. The van der Waals surface area contributed by atoms with E-state index in [2.05, 4.69) is 6.07 Å². The number of carbonyl (C=O) groups excluding carboxylic acids is 1. The van der Waals surface area contributed by atoms with Crippen LogP contribution in [0.1, 0.15) is 50.0 Å². The van der Waals surface area contributed by atoms with Crippen LogP contribution in [0.2, 0.25) is 0 Å². The van der Waals surface area contributed by atoms with Crippen LogP contribution in [0.5, 0.6) is 5.75 Å². The second-order valence-corrected chi connectivity index (χ2v) is 5.81. The van der Waals surface area contributed by atoms with Crippen LogP contribution >= 0.6 is 0 Å². The molecule has 3 heteroatoms. The Hall–Kier alpha value is -1.35. The number of ketones is 1. The molecule has 0 amide bonds. The highest BCUT2D eigenvalue weighted by atomic mass is 16.5. The van der Waals surface area contributed by atoms with Crippen molar-refractivity contribution in [1.29, 1.82) is 0 Å². The molecule has 0 saturated carbocycles. The van der Waals surface area contributed by atoms with Crippen LogP contribution in [0.25, 0.3) is 0 Å². The third-order valence-electron chi connectivity index (χ3n) is 4.29. The van der Waals surface area contributed by atoms with Crippen molar-refractivity contribution in [3.63, 3.8) is 0 Å². The van der Waals surface area contributed by atoms with Gasteiger partial charge in [0.05, 0.1) is 12.7 Å². The summed E-state index contributed by atoms with van der Waals surface area (Å²) in [4.78, 5) is 12.3. The number of para-hydroxylation sites is 1. The molecular weight excluding hydrogens is 252 g/mol. The SMILES string of the molecule is O=C(CC1CCCCO1)CC1CCOc2ccccc21. The molecule has 0 radical (unpaired) electrons. The number of carbonyl (C=O) groups is 1. The van der Waals surface area contributed by atoms with E-state index < -0.39 is 0 Å². The van der Waals surface area contributed by atoms with Crippen molar-refractivity contribution in [3.8, 4) is 5.75 Å². The van der Waals surface area contributed by atoms with Crippen LogP contribution in [0, 0.1) is 0 Å². The molecule has 2 aliphatic heterocycles. The van der Waals surface area contributed by atoms with Crippen LogP contribution in [0.15, 0.2) is 24.3 Å². The number of benzene rings is 1. The van der Waals surface area contributed by atoms with Crippen molar-refractivity contribution in [2.24, 2.45) is 0 Å². The van der Waals surface area contributed by atoms with Crippen molar-refractivity contribution in [2.45, 2.75) is 50.5 Å². The number of hydrogen-bond donors (Lipinski definition) is 0. The number of ether oxygens (including phenoxy) is 2. The monoisotopic (exact) mass is 274 g/mol. The standard InChI is InChI=1S/C17H22O3/c18-14(12-15-5-3-4-9-19-15)11-13-8-10-20-17-7-2-1-6-16(13)17/h1-2,6-7,13,15H,3-5,8-12H2. The van der Waals surface area contributed by atoms with Crippen LogP contribution in [0.3, 0.4) is 0 Å². The van der Waals surface area contributed by atoms with E-state index in [1.807, 2.05) is 18.2 Å². The van der Waals surface area contributed by atoms with E-state index in [9.17, 15) is 4.79 Å². The molecule has 20 heavy (non-hydrogen) atoms. The molecular formula is C17H22O3. The van der Waals surface area contributed by atoms with Crippen LogP contribution < -0.4 is 4.74 Å². The van der Waals surface area contributed by atoms with Gasteiger partial charge < -0.3 is 9.47 Å². The molecule has 1 fully saturated rings. The first-order chi connectivity index (χ1) is 9.83. The first-order valence-electron chi connectivity index (χ1n) is 7.68. The molecule has 0 spiro atoms. The van der Waals surface area contributed by atoms with E-state index >= 15 is 0 Å². The normalized spacial score (nSPS) is 25.6. The molecule has 0 aromatic heterocycles. The molecule has 2 heterocycles. The first-order valence-corrected chi connectivity index (χ1v) is 7.68. The lowest BCUT2D eigenvalue weighted by molar-refractivity contribution is -0.123. The highest BCUT2D eigenvalue weighted by Crippen LogP contribution is 2.36. The fraction of sp³-hybridized carbons (Fsp3) is 0.588. The minimum atomic E-state index is 0.159. The van der Waals surface area contributed by atoms with E-state index in [4.69, 9.17) is 9.47 Å². The smallest absolute Gasteiger partial charge is 0.136 e. The molecule has 2 aliphatic rings. The fourth-order valence-electron chi connectivity index (χ4n) is 3.21. The Morgan fingerprint density at radius 2 is 2.00 bits per heavy atom. The summed E-state index contributed by atoms with van der Waals surface area (Å²) in [5.41, 5.74) is 1.19. The lowest BCUT2D eigenvalue weighted by Gasteiger charge is -2.26. The quantitative estimate of drug-likeness (QED) is 0.843. The summed E-state index contributed by atoms with van der Waals surface area (Å²) >= 11 is 0. The second-order valence-electron chi connectivity index (χ2n) is 5.81. The average molecular weight is 274 g/mol. The van der Waals surface area contributed by atoms with Gasteiger partial charge in [-0.3, -0.25) is 4.79 Å². The van der Waals surface area contributed by atoms with Crippen molar-refractivity contribution >= 4 is 5.78 Å². The molecule has 0 N–H and O–H groups in total. The third-order valence-corrected chi connectivity index (χ3v) is 4.29. The largest absolute Gasteiger partial charge is 0.493 e. The number of hydrogen-bond acceptors (Lipinski definition) is 3. The highest BCUT2D eigenvalue weighted by Gasteiger charge is 2.25. The summed E-state index contributed by atoms with van der Waals surface area (Å²) in [6.45, 7) is 1.53. The van der Waals surface area contributed by atoms with Gasteiger partial charge in [-0.25, -0.2) is 0 Å². The summed E-state index contributed by atoms with van der Waals surface area (Å²) in [5, 5.41) is 0. The van der Waals surface area contributed by atoms with Gasteiger partial charge in [0.25, 0.3) is 0 Å². The number of fused-ring (bicyclic) bond motifs is 1. The van der Waals surface area contributed by atoms with E-state index in [1.54, 1.807) is 0 Å². The van der Waals surface area contributed by atoms with Crippen molar-refractivity contribution < 1.29 is 14.3 Å². The van der Waals surface area contributed by atoms with Crippen LogP contribution in [0.4, 0.5) is 0 Å². The zero-order chi connectivity index (χ0) is 13.8. The van der Waals surface area contributed by atoms with Gasteiger partial charge in [-0.05, 0) is 43.2 Å². The van der Waals surface area contributed by atoms with Gasteiger partial charge in [-0.2, -0.15) is 0 Å². The molecule has 0 aliphatic carbocycles. The van der Waals surface area contributed by atoms with Crippen LogP contribution in [-0.2, 0) is 9.53 Å². The van der Waals surface area contributed by atoms with Gasteiger partial charge in [-0.15, -0.1) is 0 Å². The summed E-state index contributed by atoms with van der Waals surface area (Å²) in [6.07, 6.45) is 5.67. The van der Waals surface area contributed by atoms with Gasteiger partial charge in [0.1, 0.15) is 11.5 Å². The summed E-state index contributed by atoms with van der Waals surface area (Å²) in [6, 6.07) is 8.09. The van der Waals surface area contributed by atoms with E-state index in [-0.39, 0.29) is 6.10 Å². The summed E-state index contributed by atoms with van der Waals surface area (Å²) in [7, 11) is 0. The molecule has 3 rings (SSSR count). The van der Waals surface area contributed by atoms with Gasteiger partial charge in [0.15, 0.2) is 0 Å². The van der Waals surface area contributed by atoms with Crippen LogP contribution in [-0.4, -0.2) is 25.1 Å². The first kappa shape index (κ1) is 13.6. The maximum Gasteiger partial charge on any atom is 0.136 e. The van der Waals surface area contributed by atoms with Crippen molar-refractivity contribution in [2.75, 3.05) is 13.2 Å². The predicted octanol–water partition coefficient (Wildman–Crippen LogP) is 3.47. The Kier molecular flexibility index (Phi) is 4.36. The predicted molar refractivity (Wildman–Crippen MR) is 77.1 cm³/mol. The summed E-state index contributed by atoms with van der Waals surface area (Å²) in [5.74, 6) is 1.60. The van der Waals surface area contributed by atoms with Crippen molar-refractivity contribution in [3.05, 3.63) is 29.8 Å². The molecule has 1 aromatic rings. The number of Topliss-reactive ketones (excluding diaryl/α,β-unsaturated/α-hetero) is 1. The van der Waals surface area contributed by atoms with E-state index in [1.165, 1.54) is 12.0 Å². The van der Waals surface area contributed by atoms with Gasteiger partial charge in [0, 0.05) is 19.4 Å². The van der Waals surface area contributed by atoms with Gasteiger partial charge in [0.2, 0.25) is 0 Å². The Labute approximate surface area is 120 Å². The van der Waals surface area contributed by atoms with E-state index in [0.29, 0.717) is 24.5 Å². The number of rotatable bonds is 4. The maximum absolute atomic E-state index is 12.3. The van der Waals surface area contributed by atoms with Gasteiger partial charge in [-0.1, -0.05) is 18.2 Å².